The molecule has 0 amide bonds. The summed E-state index contributed by atoms with van der Waals surface area (Å²) in [6, 6.07) is 10.3. The molecule has 1 atom stereocenters. The van der Waals surface area contributed by atoms with Crippen molar-refractivity contribution in [1.82, 2.24) is 4.90 Å². The van der Waals surface area contributed by atoms with Crippen molar-refractivity contribution in [2.24, 2.45) is 0 Å². The van der Waals surface area contributed by atoms with Crippen LogP contribution in [0, 0.1) is 0 Å². The number of piperidine rings is 1. The maximum absolute atomic E-state index is 11.9. The van der Waals surface area contributed by atoms with Gasteiger partial charge in [0.25, 0.3) is 0 Å². The van der Waals surface area contributed by atoms with Crippen molar-refractivity contribution in [2.45, 2.75) is 38.6 Å². The van der Waals surface area contributed by atoms with Crippen molar-refractivity contribution in [3.63, 3.8) is 0 Å². The Morgan fingerprint density at radius 2 is 2.11 bits per heavy atom. The van der Waals surface area contributed by atoms with Crippen LogP contribution in [0.1, 0.15) is 43.0 Å². The first-order valence-electron chi connectivity index (χ1n) is 7.23. The first-order valence-corrected chi connectivity index (χ1v) is 8.22. The van der Waals surface area contributed by atoms with Gasteiger partial charge in [-0.15, -0.1) is 0 Å². The van der Waals surface area contributed by atoms with Crippen LogP contribution in [0.4, 0.5) is 0 Å². The second-order valence-electron chi connectivity index (χ2n) is 5.24. The molecule has 3 heteroatoms. The van der Waals surface area contributed by atoms with Gasteiger partial charge in [0, 0.05) is 17.4 Å². The maximum Gasteiger partial charge on any atom is 0.219 e. The van der Waals surface area contributed by atoms with Gasteiger partial charge < -0.3 is 4.90 Å². The van der Waals surface area contributed by atoms with E-state index in [4.69, 9.17) is 0 Å². The number of benzene rings is 1. The van der Waals surface area contributed by atoms with Crippen LogP contribution in [0.25, 0.3) is 0 Å². The molecule has 2 rings (SSSR count). The number of hydrogen-bond acceptors (Lipinski definition) is 3. The number of carbonyl (C=O) groups is 1. The van der Waals surface area contributed by atoms with Crippen LogP contribution in [0.2, 0.25) is 0 Å². The summed E-state index contributed by atoms with van der Waals surface area (Å²) in [5.41, 5.74) is 0.818. The van der Waals surface area contributed by atoms with Crippen molar-refractivity contribution in [3.8, 4) is 0 Å². The lowest BCUT2D eigenvalue weighted by Crippen LogP contribution is -2.38. The van der Waals surface area contributed by atoms with Crippen LogP contribution in [-0.4, -0.2) is 34.9 Å². The van der Waals surface area contributed by atoms with Gasteiger partial charge in [0.05, 0.1) is 0 Å². The molecule has 2 nitrogen and oxygen atoms in total. The van der Waals surface area contributed by atoms with Gasteiger partial charge in [-0.3, -0.25) is 4.79 Å². The summed E-state index contributed by atoms with van der Waals surface area (Å²) in [5.74, 6) is 0.928. The molecule has 19 heavy (non-hydrogen) atoms. The Bertz CT molecular complexity index is 393. The lowest BCUT2D eigenvalue weighted by molar-refractivity contribution is 0.108. The van der Waals surface area contributed by atoms with E-state index in [0.717, 1.165) is 30.3 Å². The molecule has 0 spiro atoms. The Kier molecular flexibility index (Phi) is 5.93. The van der Waals surface area contributed by atoms with Crippen molar-refractivity contribution >= 4 is 16.9 Å². The van der Waals surface area contributed by atoms with Gasteiger partial charge in [0.1, 0.15) is 0 Å². The zero-order chi connectivity index (χ0) is 13.5. The molecule has 1 fully saturated rings. The molecule has 0 N–H and O–H groups in total. The Balaban J connectivity index is 1.65. The van der Waals surface area contributed by atoms with Crippen LogP contribution in [-0.2, 0) is 0 Å². The first-order chi connectivity index (χ1) is 9.27. The third kappa shape index (κ3) is 4.66. The molecule has 1 unspecified atom stereocenters. The Hall–Kier alpha value is -0.800. The van der Waals surface area contributed by atoms with E-state index in [-0.39, 0.29) is 5.12 Å². The van der Waals surface area contributed by atoms with Crippen molar-refractivity contribution in [1.29, 1.82) is 0 Å². The number of nitrogens with zero attached hydrogens (tertiary/aromatic N) is 1. The summed E-state index contributed by atoms with van der Waals surface area (Å²) in [7, 11) is 0. The molecule has 104 valence electrons. The van der Waals surface area contributed by atoms with Gasteiger partial charge in [-0.25, -0.2) is 0 Å². The fourth-order valence-corrected chi connectivity index (χ4v) is 3.34. The van der Waals surface area contributed by atoms with Crippen molar-refractivity contribution < 1.29 is 4.79 Å². The normalized spacial score (nSPS) is 20.4. The van der Waals surface area contributed by atoms with Crippen LogP contribution in [0.3, 0.4) is 0 Å². The molecule has 0 bridgehead atoms. The van der Waals surface area contributed by atoms with E-state index in [2.05, 4.69) is 11.8 Å². The lowest BCUT2D eigenvalue weighted by Gasteiger charge is -2.33. The number of carbonyl (C=O) groups excluding carboxylic acids is 1. The van der Waals surface area contributed by atoms with Gasteiger partial charge in [-0.05, 0) is 39.3 Å². The number of likely N-dealkylation sites (tertiary alicyclic amines) is 1. The molecule has 1 aliphatic rings. The Labute approximate surface area is 120 Å². The molecule has 0 saturated carbocycles. The van der Waals surface area contributed by atoms with E-state index < -0.39 is 0 Å². The van der Waals surface area contributed by atoms with E-state index in [9.17, 15) is 4.79 Å². The SMILES string of the molecule is CC1CCCCN1CCCSC(=O)c1ccccc1. The van der Waals surface area contributed by atoms with E-state index in [1.165, 1.54) is 37.6 Å². The number of hydrogen-bond donors (Lipinski definition) is 0. The van der Waals surface area contributed by atoms with Crippen LogP contribution < -0.4 is 0 Å². The minimum absolute atomic E-state index is 0.201. The van der Waals surface area contributed by atoms with Crippen LogP contribution in [0.15, 0.2) is 30.3 Å². The lowest BCUT2D eigenvalue weighted by atomic mass is 10.0. The van der Waals surface area contributed by atoms with Crippen molar-refractivity contribution in [3.05, 3.63) is 35.9 Å². The highest BCUT2D eigenvalue weighted by Crippen LogP contribution is 2.18. The Morgan fingerprint density at radius 3 is 2.84 bits per heavy atom. The highest BCUT2D eigenvalue weighted by Gasteiger charge is 2.17. The summed E-state index contributed by atoms with van der Waals surface area (Å²) in [6.45, 7) is 4.69. The van der Waals surface area contributed by atoms with Crippen LogP contribution in [0.5, 0.6) is 0 Å². The molecule has 1 saturated heterocycles. The topological polar surface area (TPSA) is 20.3 Å². The number of rotatable bonds is 5. The monoisotopic (exact) mass is 277 g/mol. The maximum atomic E-state index is 11.9. The molecule has 0 aromatic heterocycles. The van der Waals surface area contributed by atoms with E-state index in [0.29, 0.717) is 0 Å². The molecular formula is C16H23NOS. The van der Waals surface area contributed by atoms with Gasteiger partial charge >= 0.3 is 0 Å². The first kappa shape index (κ1) is 14.6. The fraction of sp³-hybridized carbons (Fsp3) is 0.562. The summed E-state index contributed by atoms with van der Waals surface area (Å²) >= 11 is 1.45. The zero-order valence-corrected chi connectivity index (χ0v) is 12.5. The Morgan fingerprint density at radius 1 is 1.32 bits per heavy atom. The zero-order valence-electron chi connectivity index (χ0n) is 11.7. The highest BCUT2D eigenvalue weighted by atomic mass is 32.2. The standard InChI is InChI=1S/C16H23NOS/c1-14-8-5-6-11-17(14)12-7-13-19-16(18)15-9-3-2-4-10-15/h2-4,9-10,14H,5-8,11-13H2,1H3. The molecule has 0 aliphatic carbocycles. The quantitative estimate of drug-likeness (QED) is 0.763. The molecule has 1 heterocycles. The highest BCUT2D eigenvalue weighted by molar-refractivity contribution is 8.14. The van der Waals surface area contributed by atoms with E-state index >= 15 is 0 Å². The largest absolute Gasteiger partial charge is 0.301 e. The van der Waals surface area contributed by atoms with E-state index in [1.54, 1.807) is 0 Å². The van der Waals surface area contributed by atoms with E-state index in [1.807, 2.05) is 30.3 Å². The van der Waals surface area contributed by atoms with Gasteiger partial charge in [-0.2, -0.15) is 0 Å². The second kappa shape index (κ2) is 7.71. The van der Waals surface area contributed by atoms with Crippen molar-refractivity contribution in [2.75, 3.05) is 18.8 Å². The van der Waals surface area contributed by atoms with Gasteiger partial charge in [0.2, 0.25) is 5.12 Å². The average Bonchev–Trinajstić information content (AvgIpc) is 2.46. The third-order valence-corrected chi connectivity index (χ3v) is 4.76. The fourth-order valence-electron chi connectivity index (χ4n) is 2.58. The third-order valence-electron chi connectivity index (χ3n) is 3.77. The minimum atomic E-state index is 0.201. The second-order valence-corrected chi connectivity index (χ2v) is 6.30. The summed E-state index contributed by atoms with van der Waals surface area (Å²) in [6.07, 6.45) is 5.14. The predicted octanol–water partition coefficient (Wildman–Crippen LogP) is 3.82. The molecule has 0 radical (unpaired) electrons. The number of thioether (sulfide) groups is 1. The molecule has 1 aromatic rings. The summed E-state index contributed by atoms with van der Waals surface area (Å²) in [4.78, 5) is 14.5. The predicted molar refractivity (Wildman–Crippen MR) is 82.7 cm³/mol. The molecule has 1 aromatic carbocycles. The summed E-state index contributed by atoms with van der Waals surface area (Å²) < 4.78 is 0. The minimum Gasteiger partial charge on any atom is -0.301 e. The van der Waals surface area contributed by atoms with Gasteiger partial charge in [-0.1, -0.05) is 48.5 Å². The van der Waals surface area contributed by atoms with Crippen LogP contribution >= 0.6 is 11.8 Å². The molecular weight excluding hydrogens is 254 g/mol. The molecule has 1 aliphatic heterocycles. The summed E-state index contributed by atoms with van der Waals surface area (Å²) in [5, 5.41) is 0.201. The smallest absolute Gasteiger partial charge is 0.219 e. The average molecular weight is 277 g/mol. The van der Waals surface area contributed by atoms with Gasteiger partial charge in [0.15, 0.2) is 0 Å².